The number of hydrogen-bond donors (Lipinski definition) is 3. The molecule has 2 aromatic carbocycles. The van der Waals surface area contributed by atoms with Gasteiger partial charge < -0.3 is 10.4 Å². The molecular formula is C17H10Cl2N4O4S. The summed E-state index contributed by atoms with van der Waals surface area (Å²) in [5.41, 5.74) is 4.18. The number of nitrogens with zero attached hydrogens (tertiary/aromatic N) is 2. The minimum Gasteiger partial charge on any atom is -0.506 e. The number of carbonyl (C=O) groups excluding carboxylic acids is 1. The zero-order chi connectivity index (χ0) is 19.8. The number of fused-ring (bicyclic) bond motifs is 1. The van der Waals surface area contributed by atoms with Crippen molar-refractivity contribution in [1.82, 2.24) is 15.1 Å². The van der Waals surface area contributed by atoms with E-state index in [2.05, 4.69) is 25.0 Å². The van der Waals surface area contributed by atoms with Crippen LogP contribution >= 0.6 is 34.5 Å². The monoisotopic (exact) mass is 436 g/mol. The molecule has 11 heteroatoms. The molecule has 0 atom stereocenters. The van der Waals surface area contributed by atoms with Gasteiger partial charge in [-0.05, 0) is 34.5 Å². The van der Waals surface area contributed by atoms with Gasteiger partial charge >= 0.3 is 5.76 Å². The highest BCUT2D eigenvalue weighted by atomic mass is 35.5. The Morgan fingerprint density at radius 2 is 2.04 bits per heavy atom. The molecule has 0 aliphatic heterocycles. The van der Waals surface area contributed by atoms with Gasteiger partial charge in [-0.25, -0.2) is 9.78 Å². The topological polar surface area (TPSA) is 121 Å². The number of halogens is 2. The molecule has 0 aliphatic carbocycles. The van der Waals surface area contributed by atoms with E-state index in [4.69, 9.17) is 23.2 Å². The highest BCUT2D eigenvalue weighted by molar-refractivity contribution is 7.17. The molecule has 28 heavy (non-hydrogen) atoms. The van der Waals surface area contributed by atoms with Gasteiger partial charge in [0.25, 0.3) is 5.91 Å². The quantitative estimate of drug-likeness (QED) is 0.446. The molecule has 0 unspecified atom stereocenters. The third-order valence-electron chi connectivity index (χ3n) is 3.97. The number of benzene rings is 2. The van der Waals surface area contributed by atoms with Crippen molar-refractivity contribution in [2.45, 2.75) is 6.42 Å². The average Bonchev–Trinajstić information content (AvgIpc) is 3.29. The summed E-state index contributed by atoms with van der Waals surface area (Å²) in [5, 5.41) is 16.4. The van der Waals surface area contributed by atoms with Gasteiger partial charge in [-0.15, -0.1) is 11.3 Å². The minimum atomic E-state index is -0.834. The van der Waals surface area contributed by atoms with Gasteiger partial charge in [0, 0.05) is 22.2 Å². The molecule has 1 amide bonds. The minimum absolute atomic E-state index is 0.169. The summed E-state index contributed by atoms with van der Waals surface area (Å²) in [7, 11) is 0. The van der Waals surface area contributed by atoms with Gasteiger partial charge in [0.15, 0.2) is 0 Å². The number of phenols is 1. The molecule has 0 saturated heterocycles. The molecule has 0 aliphatic rings. The van der Waals surface area contributed by atoms with Crippen molar-refractivity contribution in [2.75, 3.05) is 5.32 Å². The summed E-state index contributed by atoms with van der Waals surface area (Å²) < 4.78 is 4.99. The van der Waals surface area contributed by atoms with Gasteiger partial charge in [0.05, 0.1) is 15.7 Å². The van der Waals surface area contributed by atoms with Crippen LogP contribution in [0.2, 0.25) is 10.0 Å². The summed E-state index contributed by atoms with van der Waals surface area (Å²) in [6.45, 7) is 0. The number of carbonyl (C=O) groups is 1. The normalized spacial score (nSPS) is 11.1. The number of nitrogens with one attached hydrogen (secondary N) is 2. The Labute approximate surface area is 170 Å². The number of amides is 1. The van der Waals surface area contributed by atoms with E-state index in [1.54, 1.807) is 17.6 Å². The Morgan fingerprint density at radius 3 is 2.71 bits per heavy atom. The molecule has 4 rings (SSSR count). The molecule has 0 bridgehead atoms. The zero-order valence-electron chi connectivity index (χ0n) is 13.8. The van der Waals surface area contributed by atoms with Crippen LogP contribution in [0.15, 0.2) is 39.1 Å². The first-order valence-corrected chi connectivity index (χ1v) is 9.45. The van der Waals surface area contributed by atoms with Crippen LogP contribution < -0.4 is 11.1 Å². The molecule has 8 nitrogen and oxygen atoms in total. The fourth-order valence-corrected chi connectivity index (χ4v) is 4.05. The second-order valence-electron chi connectivity index (χ2n) is 5.77. The van der Waals surface area contributed by atoms with Crippen LogP contribution in [0.25, 0.3) is 10.2 Å². The van der Waals surface area contributed by atoms with Crippen molar-refractivity contribution >= 4 is 56.3 Å². The summed E-state index contributed by atoms with van der Waals surface area (Å²) in [4.78, 5) is 29.4. The van der Waals surface area contributed by atoms with E-state index in [1.807, 2.05) is 0 Å². The lowest BCUT2D eigenvalue weighted by atomic mass is 10.0. The molecule has 0 spiro atoms. The van der Waals surface area contributed by atoms with Crippen molar-refractivity contribution in [1.29, 1.82) is 0 Å². The average molecular weight is 437 g/mol. The van der Waals surface area contributed by atoms with E-state index in [0.717, 1.165) is 5.56 Å². The lowest BCUT2D eigenvalue weighted by Gasteiger charge is -2.11. The number of rotatable bonds is 4. The molecule has 0 radical (unpaired) electrons. The predicted molar refractivity (Wildman–Crippen MR) is 106 cm³/mol. The SMILES string of the molecule is O=C(Nc1cc(Cl)c(Cc2ccc(O)c3scnc23)c(Cl)c1)c1noc(=O)[nH]1. The maximum atomic E-state index is 12.1. The third-order valence-corrected chi connectivity index (χ3v) is 5.49. The van der Waals surface area contributed by atoms with Crippen molar-refractivity contribution < 1.29 is 14.4 Å². The second-order valence-corrected chi connectivity index (χ2v) is 7.44. The zero-order valence-corrected chi connectivity index (χ0v) is 16.2. The molecular weight excluding hydrogens is 427 g/mol. The maximum Gasteiger partial charge on any atom is 0.439 e. The van der Waals surface area contributed by atoms with Crippen LogP contribution in [-0.2, 0) is 6.42 Å². The fraction of sp³-hybridized carbons (Fsp3) is 0.0588. The molecule has 2 heterocycles. The Kier molecular flexibility index (Phi) is 4.80. The first kappa shape index (κ1) is 18.5. The number of hydrogen-bond acceptors (Lipinski definition) is 7. The van der Waals surface area contributed by atoms with Crippen molar-refractivity contribution in [3.05, 3.63) is 67.3 Å². The van der Waals surface area contributed by atoms with E-state index in [-0.39, 0.29) is 11.6 Å². The van der Waals surface area contributed by atoms with Crippen molar-refractivity contribution in [2.24, 2.45) is 0 Å². The van der Waals surface area contributed by atoms with E-state index >= 15 is 0 Å². The third kappa shape index (κ3) is 3.47. The summed E-state index contributed by atoms with van der Waals surface area (Å²) >= 11 is 14.1. The number of phenolic OH excluding ortho intramolecular Hbond substituents is 1. The van der Waals surface area contributed by atoms with E-state index in [0.29, 0.717) is 37.9 Å². The van der Waals surface area contributed by atoms with E-state index < -0.39 is 11.7 Å². The molecule has 142 valence electrons. The van der Waals surface area contributed by atoms with Gasteiger partial charge in [0.1, 0.15) is 5.75 Å². The summed E-state index contributed by atoms with van der Waals surface area (Å²) in [6.07, 6.45) is 0.392. The first-order chi connectivity index (χ1) is 13.4. The van der Waals surface area contributed by atoms with Crippen LogP contribution in [-0.4, -0.2) is 26.1 Å². The van der Waals surface area contributed by atoms with Crippen LogP contribution in [0.5, 0.6) is 5.75 Å². The molecule has 3 N–H and O–H groups in total. The van der Waals surface area contributed by atoms with E-state index in [9.17, 15) is 14.7 Å². The second kappa shape index (κ2) is 7.27. The Balaban J connectivity index is 1.62. The highest BCUT2D eigenvalue weighted by Gasteiger charge is 2.16. The smallest absolute Gasteiger partial charge is 0.439 e. The molecule has 4 aromatic rings. The Morgan fingerprint density at radius 1 is 1.29 bits per heavy atom. The van der Waals surface area contributed by atoms with Gasteiger partial charge in [0.2, 0.25) is 5.82 Å². The van der Waals surface area contributed by atoms with Crippen LogP contribution in [0.4, 0.5) is 5.69 Å². The Bertz CT molecular complexity index is 1240. The van der Waals surface area contributed by atoms with Crippen LogP contribution in [0, 0.1) is 0 Å². The number of H-pyrrole nitrogens is 1. The Hall–Kier alpha value is -2.88. The van der Waals surface area contributed by atoms with Gasteiger partial charge in [-0.1, -0.05) is 29.3 Å². The summed E-state index contributed by atoms with van der Waals surface area (Å²) in [6, 6.07) is 6.45. The van der Waals surface area contributed by atoms with Gasteiger partial charge in [-0.3, -0.25) is 14.3 Å². The number of anilines is 1. The maximum absolute atomic E-state index is 12.1. The standard InChI is InChI=1S/C17H10Cl2N4O4S/c18-10-4-8(21-16(25)15-22-17(26)27-23-15)5-11(19)9(10)3-7-1-2-12(24)14-13(7)20-6-28-14/h1-2,4-6,24H,3H2,(H,21,25)(H,22,23,26). The van der Waals surface area contributed by atoms with Gasteiger partial charge in [-0.2, -0.15) is 0 Å². The number of thiazole rings is 1. The molecule has 2 aromatic heterocycles. The summed E-state index contributed by atoms with van der Waals surface area (Å²) in [5.74, 6) is -1.61. The van der Waals surface area contributed by atoms with Crippen LogP contribution in [0.1, 0.15) is 21.7 Å². The number of aromatic hydroxyl groups is 1. The first-order valence-electron chi connectivity index (χ1n) is 7.81. The lowest BCUT2D eigenvalue weighted by Crippen LogP contribution is -2.15. The molecule has 0 saturated carbocycles. The number of aromatic amines is 1. The number of aromatic nitrogens is 3. The van der Waals surface area contributed by atoms with Crippen molar-refractivity contribution in [3.8, 4) is 5.75 Å². The van der Waals surface area contributed by atoms with Crippen LogP contribution in [0.3, 0.4) is 0 Å². The van der Waals surface area contributed by atoms with Crippen molar-refractivity contribution in [3.63, 3.8) is 0 Å². The predicted octanol–water partition coefficient (Wildman–Crippen LogP) is 3.83. The fourth-order valence-electron chi connectivity index (χ4n) is 2.69. The molecule has 0 fully saturated rings. The van der Waals surface area contributed by atoms with E-state index in [1.165, 1.54) is 23.5 Å². The highest BCUT2D eigenvalue weighted by Crippen LogP contribution is 2.35. The largest absolute Gasteiger partial charge is 0.506 e. The lowest BCUT2D eigenvalue weighted by molar-refractivity contribution is 0.101.